The maximum Gasteiger partial charge on any atom is 0.525 e. The van der Waals surface area contributed by atoms with Gasteiger partial charge in [0.05, 0.1) is 11.8 Å². The number of carbonyl (C=O) groups is 2. The van der Waals surface area contributed by atoms with Gasteiger partial charge in [-0.2, -0.15) is 21.6 Å². The highest BCUT2D eigenvalue weighted by Crippen LogP contribution is 2.56. The van der Waals surface area contributed by atoms with Crippen LogP contribution < -0.4 is 0 Å². The number of hydrogen-bond acceptors (Lipinski definition) is 5. The number of halogens is 3. The lowest BCUT2D eigenvalue weighted by Gasteiger charge is -2.26. The fourth-order valence-electron chi connectivity index (χ4n) is 3.57. The van der Waals surface area contributed by atoms with Crippen molar-refractivity contribution >= 4 is 21.9 Å². The van der Waals surface area contributed by atoms with E-state index in [2.05, 4.69) is 4.28 Å². The molecule has 1 saturated heterocycles. The van der Waals surface area contributed by atoms with Crippen LogP contribution in [0.15, 0.2) is 0 Å². The van der Waals surface area contributed by atoms with Gasteiger partial charge in [0.15, 0.2) is 0 Å². The van der Waals surface area contributed by atoms with Gasteiger partial charge in [-0.1, -0.05) is 0 Å². The minimum Gasteiger partial charge on any atom is -0.272 e. The zero-order chi connectivity index (χ0) is 16.6. The summed E-state index contributed by atoms with van der Waals surface area (Å²) in [6, 6.07) is 0. The largest absolute Gasteiger partial charge is 0.525 e. The Morgan fingerprint density at radius 1 is 1.00 bits per heavy atom. The minimum absolute atomic E-state index is 0.0367. The van der Waals surface area contributed by atoms with Crippen molar-refractivity contribution in [1.82, 2.24) is 5.06 Å². The van der Waals surface area contributed by atoms with Crippen molar-refractivity contribution in [2.45, 2.75) is 24.1 Å². The van der Waals surface area contributed by atoms with Gasteiger partial charge in [0, 0.05) is 11.8 Å². The van der Waals surface area contributed by atoms with Gasteiger partial charge in [-0.25, -0.2) is 10.2 Å². The van der Waals surface area contributed by atoms with E-state index in [1.807, 2.05) is 0 Å². The lowest BCUT2D eigenvalue weighted by atomic mass is 9.78. The van der Waals surface area contributed by atoms with Crippen LogP contribution in [-0.2, 0) is 34.2 Å². The molecule has 1 aliphatic heterocycles. The molecule has 2 aliphatic carbocycles. The Bertz CT molecular complexity index is 615. The summed E-state index contributed by atoms with van der Waals surface area (Å²) in [7, 11) is -6.19. The highest BCUT2D eigenvalue weighted by atomic mass is 32.2. The molecule has 0 aromatic heterocycles. The third-order valence-corrected chi connectivity index (χ3v) is 5.36. The lowest BCUT2D eigenvalue weighted by molar-refractivity contribution is -0.170. The molecule has 3 fully saturated rings. The second kappa shape index (κ2) is 4.40. The zero-order valence-corrected chi connectivity index (χ0v) is 11.3. The fraction of sp³-hybridized carbons (Fsp3) is 0.800. The number of imide groups is 1. The first-order valence-electron chi connectivity index (χ1n) is 6.17. The van der Waals surface area contributed by atoms with Gasteiger partial charge in [0.1, 0.15) is 12.2 Å². The second-order valence-corrected chi connectivity index (χ2v) is 7.01. The van der Waals surface area contributed by atoms with Crippen LogP contribution in [0.25, 0.3) is 0 Å². The van der Waals surface area contributed by atoms with E-state index in [-0.39, 0.29) is 6.42 Å². The summed E-state index contributed by atoms with van der Waals surface area (Å²) >= 11 is 0. The number of alkyl halides is 3. The van der Waals surface area contributed by atoms with Crippen LogP contribution in [0, 0.1) is 23.7 Å². The Balaban J connectivity index is 1.89. The summed E-state index contributed by atoms with van der Waals surface area (Å²) in [6.45, 7) is 0. The highest BCUT2D eigenvalue weighted by Gasteiger charge is 2.69. The molecule has 0 aromatic carbocycles. The van der Waals surface area contributed by atoms with Crippen molar-refractivity contribution in [2.24, 2.45) is 23.7 Å². The van der Waals surface area contributed by atoms with Crippen LogP contribution in [0.4, 0.5) is 13.2 Å². The number of fused-ring (bicyclic) bond motifs is 5. The van der Waals surface area contributed by atoms with Gasteiger partial charge >= 0.3 is 15.6 Å². The minimum atomic E-state index is -6.19. The summed E-state index contributed by atoms with van der Waals surface area (Å²) < 4.78 is 62.2. The van der Waals surface area contributed by atoms with Crippen LogP contribution in [0.1, 0.15) is 6.42 Å². The molecule has 6 unspecified atom stereocenters. The van der Waals surface area contributed by atoms with Gasteiger partial charge < -0.3 is 0 Å². The Morgan fingerprint density at radius 3 is 1.77 bits per heavy atom. The van der Waals surface area contributed by atoms with Crippen molar-refractivity contribution in [3.8, 4) is 0 Å². The molecular weight excluding hydrogens is 335 g/mol. The Hall–Kier alpha value is -1.24. The van der Waals surface area contributed by atoms with Crippen LogP contribution >= 0.6 is 0 Å². The van der Waals surface area contributed by atoms with E-state index in [0.717, 1.165) is 0 Å². The molecule has 2 radical (unpaired) electrons. The van der Waals surface area contributed by atoms with E-state index in [9.17, 15) is 41.4 Å². The average molecular weight is 343 g/mol. The average Bonchev–Trinajstić information content (AvgIpc) is 2.97. The Labute approximate surface area is 121 Å². The van der Waals surface area contributed by atoms with Gasteiger partial charge in [-0.15, -0.1) is 9.35 Å². The normalized spacial score (nSPS) is 41.4. The maximum atomic E-state index is 12.3. The standard InChI is InChI=1S/C10H8F3NO7S/c11-10(12,13)22(19,20)21-14-8(17)4-2-1-3(5(4)9(14)18)7(16)6(2)15/h2-7H,1H2. The number of carbonyl (C=O) groups excluding carboxylic acids is 2. The van der Waals surface area contributed by atoms with E-state index in [0.29, 0.717) is 0 Å². The predicted octanol–water partition coefficient (Wildman–Crippen LogP) is -0.383. The number of hydroxylamine groups is 2. The molecule has 8 nitrogen and oxygen atoms in total. The summed E-state index contributed by atoms with van der Waals surface area (Å²) in [5.41, 5.74) is -5.81. The smallest absolute Gasteiger partial charge is 0.272 e. The number of rotatable bonds is 2. The predicted molar refractivity (Wildman–Crippen MR) is 55.4 cm³/mol. The first kappa shape index (κ1) is 15.6. The molecule has 2 bridgehead atoms. The third-order valence-electron chi connectivity index (χ3n) is 4.45. The Kier molecular flexibility index (Phi) is 3.13. The summed E-state index contributed by atoms with van der Waals surface area (Å²) in [6.07, 6.45) is -3.26. The van der Waals surface area contributed by atoms with Gasteiger partial charge in [-0.3, -0.25) is 9.59 Å². The summed E-state index contributed by atoms with van der Waals surface area (Å²) in [4.78, 5) is 23.9. The lowest BCUT2D eigenvalue weighted by Crippen LogP contribution is -2.41. The van der Waals surface area contributed by atoms with Crippen LogP contribution in [0.3, 0.4) is 0 Å². The second-order valence-electron chi connectivity index (χ2n) is 5.49. The molecule has 12 heteroatoms. The molecule has 2 saturated carbocycles. The first-order chi connectivity index (χ1) is 9.97. The quantitative estimate of drug-likeness (QED) is 0.500. The molecule has 2 amide bonds. The molecule has 3 aliphatic rings. The monoisotopic (exact) mass is 343 g/mol. The zero-order valence-electron chi connectivity index (χ0n) is 10.5. The van der Waals surface area contributed by atoms with E-state index < -0.39 is 68.4 Å². The first-order valence-corrected chi connectivity index (χ1v) is 7.58. The molecule has 6 atom stereocenters. The van der Waals surface area contributed by atoms with Crippen LogP contribution in [0.2, 0.25) is 0 Å². The third kappa shape index (κ3) is 1.84. The summed E-state index contributed by atoms with van der Waals surface area (Å²) in [5, 5.41) is 22.9. The summed E-state index contributed by atoms with van der Waals surface area (Å²) in [5.74, 6) is -7.18. The van der Waals surface area contributed by atoms with Gasteiger partial charge in [0.25, 0.3) is 11.8 Å². The maximum absolute atomic E-state index is 12.3. The van der Waals surface area contributed by atoms with Crippen molar-refractivity contribution < 1.29 is 45.7 Å². The molecule has 0 spiro atoms. The van der Waals surface area contributed by atoms with Crippen molar-refractivity contribution in [2.75, 3.05) is 0 Å². The highest BCUT2D eigenvalue weighted by molar-refractivity contribution is 7.87. The number of nitrogens with zero attached hydrogens (tertiary/aromatic N) is 1. The van der Waals surface area contributed by atoms with Crippen LogP contribution in [-0.4, -0.2) is 43.0 Å². The van der Waals surface area contributed by atoms with E-state index in [4.69, 9.17) is 0 Å². The molecule has 122 valence electrons. The molecule has 3 rings (SSSR count). The van der Waals surface area contributed by atoms with Crippen molar-refractivity contribution in [3.63, 3.8) is 0 Å². The molecule has 1 heterocycles. The van der Waals surface area contributed by atoms with Crippen molar-refractivity contribution in [1.29, 1.82) is 0 Å². The van der Waals surface area contributed by atoms with Gasteiger partial charge in [-0.05, 0) is 6.42 Å². The molecular formula is C10H8F3NO7S. The topological polar surface area (TPSA) is 121 Å². The number of amides is 2. The van der Waals surface area contributed by atoms with Gasteiger partial charge in [0.2, 0.25) is 0 Å². The van der Waals surface area contributed by atoms with E-state index in [1.165, 1.54) is 0 Å². The Morgan fingerprint density at radius 2 is 1.41 bits per heavy atom. The molecule has 0 aromatic rings. The fourth-order valence-corrected chi connectivity index (χ4v) is 4.00. The van der Waals surface area contributed by atoms with Crippen LogP contribution in [0.5, 0.6) is 0 Å². The van der Waals surface area contributed by atoms with Crippen molar-refractivity contribution in [3.05, 3.63) is 0 Å². The molecule has 0 N–H and O–H groups in total. The molecule has 22 heavy (non-hydrogen) atoms. The number of hydrogen-bond donors (Lipinski definition) is 0. The van der Waals surface area contributed by atoms with E-state index in [1.54, 1.807) is 0 Å². The van der Waals surface area contributed by atoms with E-state index >= 15 is 0 Å². The SMILES string of the molecule is [O]C1C([O])C2CC1C1C(=O)N(OS(=O)(=O)C(F)(F)F)C(=O)C21.